The van der Waals surface area contributed by atoms with Crippen LogP contribution in [0.2, 0.25) is 0 Å². The topological polar surface area (TPSA) is 67.7 Å². The molecule has 3 aromatic rings. The molecular weight excluding hydrogens is 276 g/mol. The molecule has 0 spiro atoms. The molecule has 22 heavy (non-hydrogen) atoms. The van der Waals surface area contributed by atoms with Crippen LogP contribution in [0.5, 0.6) is 0 Å². The molecule has 6 heteroatoms. The van der Waals surface area contributed by atoms with Gasteiger partial charge in [0.15, 0.2) is 5.65 Å². The van der Waals surface area contributed by atoms with E-state index >= 15 is 0 Å². The van der Waals surface area contributed by atoms with E-state index in [2.05, 4.69) is 56.9 Å². The van der Waals surface area contributed by atoms with Crippen LogP contribution in [-0.2, 0) is 13.6 Å². The van der Waals surface area contributed by atoms with Crippen molar-refractivity contribution in [1.82, 2.24) is 19.7 Å². The van der Waals surface area contributed by atoms with Crippen molar-refractivity contribution in [3.8, 4) is 0 Å². The number of nitrogens with zero attached hydrogens (tertiary/aromatic N) is 4. The number of benzene rings is 1. The van der Waals surface area contributed by atoms with Gasteiger partial charge in [-0.15, -0.1) is 0 Å². The third kappa shape index (κ3) is 2.86. The van der Waals surface area contributed by atoms with E-state index in [0.717, 1.165) is 23.4 Å². The Kier molecular flexibility index (Phi) is 3.91. The van der Waals surface area contributed by atoms with E-state index < -0.39 is 0 Å². The molecule has 0 unspecified atom stereocenters. The van der Waals surface area contributed by atoms with Gasteiger partial charge >= 0.3 is 0 Å². The molecule has 0 radical (unpaired) electrons. The molecule has 114 valence electrons. The lowest BCUT2D eigenvalue weighted by Crippen LogP contribution is -2.08. The number of hydrogen-bond donors (Lipinski definition) is 2. The van der Waals surface area contributed by atoms with Crippen molar-refractivity contribution in [3.05, 3.63) is 41.6 Å². The van der Waals surface area contributed by atoms with Crippen molar-refractivity contribution < 1.29 is 0 Å². The molecule has 0 amide bonds. The Morgan fingerprint density at radius 1 is 1.18 bits per heavy atom. The second-order valence-electron chi connectivity index (χ2n) is 5.27. The third-order valence-corrected chi connectivity index (χ3v) is 3.47. The predicted octanol–water partition coefficient (Wildman–Crippen LogP) is 2.72. The number of anilines is 2. The molecule has 2 aromatic heterocycles. The number of aromatic nitrogens is 4. The zero-order chi connectivity index (χ0) is 15.5. The van der Waals surface area contributed by atoms with Crippen molar-refractivity contribution in [3.63, 3.8) is 0 Å². The quantitative estimate of drug-likeness (QED) is 0.757. The maximum atomic E-state index is 4.55. The molecule has 0 saturated carbocycles. The van der Waals surface area contributed by atoms with E-state index in [4.69, 9.17) is 0 Å². The van der Waals surface area contributed by atoms with E-state index in [1.54, 1.807) is 10.9 Å². The summed E-state index contributed by atoms with van der Waals surface area (Å²) in [4.78, 5) is 9.05. The SMILES string of the molecule is CCNc1nc(NCc2cccc(C)c2)c2cnn(C)c2n1. The molecule has 0 fully saturated rings. The van der Waals surface area contributed by atoms with Gasteiger partial charge in [0.2, 0.25) is 5.95 Å². The van der Waals surface area contributed by atoms with Crippen LogP contribution in [-0.4, -0.2) is 26.3 Å². The van der Waals surface area contributed by atoms with E-state index in [1.807, 2.05) is 14.0 Å². The zero-order valence-electron chi connectivity index (χ0n) is 13.1. The molecule has 0 bridgehead atoms. The van der Waals surface area contributed by atoms with Crippen molar-refractivity contribution in [2.45, 2.75) is 20.4 Å². The van der Waals surface area contributed by atoms with Gasteiger partial charge in [-0.05, 0) is 19.4 Å². The Balaban J connectivity index is 1.91. The Morgan fingerprint density at radius 3 is 2.82 bits per heavy atom. The summed E-state index contributed by atoms with van der Waals surface area (Å²) in [5.74, 6) is 1.42. The Bertz CT molecular complexity index is 792. The first-order valence-electron chi connectivity index (χ1n) is 7.40. The molecule has 0 saturated heterocycles. The number of fused-ring (bicyclic) bond motifs is 1. The Hall–Kier alpha value is -2.63. The molecule has 3 rings (SSSR count). The van der Waals surface area contributed by atoms with Gasteiger partial charge in [-0.25, -0.2) is 0 Å². The van der Waals surface area contributed by atoms with Crippen LogP contribution in [0, 0.1) is 6.92 Å². The molecule has 1 aromatic carbocycles. The minimum Gasteiger partial charge on any atom is -0.365 e. The van der Waals surface area contributed by atoms with Gasteiger partial charge in [-0.1, -0.05) is 29.8 Å². The highest BCUT2D eigenvalue weighted by Gasteiger charge is 2.11. The van der Waals surface area contributed by atoms with Crippen LogP contribution in [0.15, 0.2) is 30.5 Å². The summed E-state index contributed by atoms with van der Waals surface area (Å²) in [6.07, 6.45) is 1.80. The first kappa shape index (κ1) is 14.3. The summed E-state index contributed by atoms with van der Waals surface area (Å²) in [5, 5.41) is 11.8. The van der Waals surface area contributed by atoms with Crippen molar-refractivity contribution in [1.29, 1.82) is 0 Å². The normalized spacial score (nSPS) is 10.9. The molecular formula is C16H20N6. The lowest BCUT2D eigenvalue weighted by atomic mass is 10.1. The lowest BCUT2D eigenvalue weighted by molar-refractivity contribution is 0.785. The minimum atomic E-state index is 0.616. The average Bonchev–Trinajstić information content (AvgIpc) is 2.87. The summed E-state index contributed by atoms with van der Waals surface area (Å²) in [7, 11) is 1.88. The van der Waals surface area contributed by atoms with Crippen LogP contribution in [0.25, 0.3) is 11.0 Å². The maximum absolute atomic E-state index is 4.55. The molecule has 6 nitrogen and oxygen atoms in total. The fraction of sp³-hybridized carbons (Fsp3) is 0.312. The van der Waals surface area contributed by atoms with Crippen LogP contribution < -0.4 is 10.6 Å². The Morgan fingerprint density at radius 2 is 2.05 bits per heavy atom. The highest BCUT2D eigenvalue weighted by Crippen LogP contribution is 2.22. The lowest BCUT2D eigenvalue weighted by Gasteiger charge is -2.10. The zero-order valence-corrected chi connectivity index (χ0v) is 13.1. The molecule has 0 aliphatic carbocycles. The summed E-state index contributed by atoms with van der Waals surface area (Å²) in [6.45, 7) is 5.61. The largest absolute Gasteiger partial charge is 0.365 e. The van der Waals surface area contributed by atoms with Crippen LogP contribution in [0.3, 0.4) is 0 Å². The van der Waals surface area contributed by atoms with Gasteiger partial charge in [0, 0.05) is 20.1 Å². The Labute approximate surface area is 129 Å². The predicted molar refractivity (Wildman–Crippen MR) is 89.0 cm³/mol. The molecule has 0 atom stereocenters. The third-order valence-electron chi connectivity index (χ3n) is 3.47. The van der Waals surface area contributed by atoms with E-state index in [1.165, 1.54) is 11.1 Å². The summed E-state index contributed by atoms with van der Waals surface area (Å²) >= 11 is 0. The van der Waals surface area contributed by atoms with Gasteiger partial charge in [0.05, 0.1) is 11.6 Å². The highest BCUT2D eigenvalue weighted by atomic mass is 15.3. The van der Waals surface area contributed by atoms with Crippen molar-refractivity contribution in [2.24, 2.45) is 7.05 Å². The number of nitrogens with one attached hydrogen (secondary N) is 2. The molecule has 0 aliphatic heterocycles. The molecule has 2 N–H and O–H groups in total. The van der Waals surface area contributed by atoms with E-state index in [9.17, 15) is 0 Å². The highest BCUT2D eigenvalue weighted by molar-refractivity contribution is 5.87. The second kappa shape index (κ2) is 6.01. The van der Waals surface area contributed by atoms with E-state index in [0.29, 0.717) is 12.5 Å². The summed E-state index contributed by atoms with van der Waals surface area (Å²) < 4.78 is 1.76. The second-order valence-corrected chi connectivity index (χ2v) is 5.27. The smallest absolute Gasteiger partial charge is 0.226 e. The van der Waals surface area contributed by atoms with Crippen LogP contribution >= 0.6 is 0 Å². The van der Waals surface area contributed by atoms with Gasteiger partial charge in [0.1, 0.15) is 5.82 Å². The van der Waals surface area contributed by atoms with Crippen molar-refractivity contribution in [2.75, 3.05) is 17.2 Å². The fourth-order valence-electron chi connectivity index (χ4n) is 2.40. The van der Waals surface area contributed by atoms with Gasteiger partial charge in [-0.2, -0.15) is 15.1 Å². The van der Waals surface area contributed by atoms with Crippen LogP contribution in [0.1, 0.15) is 18.1 Å². The van der Waals surface area contributed by atoms with Gasteiger partial charge in [-0.3, -0.25) is 4.68 Å². The molecule has 0 aliphatic rings. The average molecular weight is 296 g/mol. The summed E-state index contributed by atoms with van der Waals surface area (Å²) in [5.41, 5.74) is 3.29. The number of aryl methyl sites for hydroxylation is 2. The minimum absolute atomic E-state index is 0.616. The number of hydrogen-bond acceptors (Lipinski definition) is 5. The van der Waals surface area contributed by atoms with Crippen LogP contribution in [0.4, 0.5) is 11.8 Å². The monoisotopic (exact) mass is 296 g/mol. The number of rotatable bonds is 5. The van der Waals surface area contributed by atoms with Gasteiger partial charge < -0.3 is 10.6 Å². The molecule has 2 heterocycles. The fourth-order valence-corrected chi connectivity index (χ4v) is 2.40. The van der Waals surface area contributed by atoms with Crippen molar-refractivity contribution >= 4 is 22.8 Å². The summed E-state index contributed by atoms with van der Waals surface area (Å²) in [6, 6.07) is 8.43. The standard InChI is InChI=1S/C16H20N6/c1-4-17-16-20-14(13-10-19-22(3)15(13)21-16)18-9-12-7-5-6-11(2)8-12/h5-8,10H,4,9H2,1-3H3,(H2,17,18,20,21). The maximum Gasteiger partial charge on any atom is 0.226 e. The first-order chi connectivity index (χ1) is 10.7. The first-order valence-corrected chi connectivity index (χ1v) is 7.40. The van der Waals surface area contributed by atoms with E-state index in [-0.39, 0.29) is 0 Å². The van der Waals surface area contributed by atoms with Gasteiger partial charge in [0.25, 0.3) is 0 Å².